The highest BCUT2D eigenvalue weighted by molar-refractivity contribution is 6.35. The second-order valence-corrected chi connectivity index (χ2v) is 8.18. The van der Waals surface area contributed by atoms with Gasteiger partial charge in [0.1, 0.15) is 24.0 Å². The lowest BCUT2D eigenvalue weighted by Gasteiger charge is -2.29. The number of nitrogens with two attached hydrogens (primary N) is 1. The smallest absolute Gasteiger partial charge is 0.291 e. The van der Waals surface area contributed by atoms with Crippen LogP contribution in [-0.2, 0) is 19.9 Å². The molecule has 0 unspecified atom stereocenters. The molecule has 1 aromatic rings. The molecule has 4 rings (SSSR count). The van der Waals surface area contributed by atoms with E-state index in [1.807, 2.05) is 13.8 Å². The molecule has 2 saturated heterocycles. The third-order valence-corrected chi connectivity index (χ3v) is 6.72. The van der Waals surface area contributed by atoms with Crippen molar-refractivity contribution in [2.75, 3.05) is 5.32 Å². The number of nitrogens with one attached hydrogen (secondary N) is 1. The Morgan fingerprint density at radius 3 is 2.63 bits per heavy atom. The van der Waals surface area contributed by atoms with Gasteiger partial charge >= 0.3 is 0 Å². The Bertz CT molecular complexity index is 857. The van der Waals surface area contributed by atoms with Gasteiger partial charge in [0.25, 0.3) is 5.91 Å². The number of likely N-dealkylation sites (tertiary alicyclic amines) is 1. The summed E-state index contributed by atoms with van der Waals surface area (Å²) in [7, 11) is 0. The van der Waals surface area contributed by atoms with E-state index in [-0.39, 0.29) is 23.8 Å². The van der Waals surface area contributed by atoms with Gasteiger partial charge in [-0.15, -0.1) is 0 Å². The molecule has 27 heavy (non-hydrogen) atoms. The molecule has 8 heteroatoms. The van der Waals surface area contributed by atoms with E-state index in [0.717, 1.165) is 0 Å². The average Bonchev–Trinajstić information content (AvgIpc) is 3.21. The number of carbonyl (C=O) groups is 3. The van der Waals surface area contributed by atoms with Crippen molar-refractivity contribution in [1.29, 1.82) is 0 Å². The summed E-state index contributed by atoms with van der Waals surface area (Å²) in [6.45, 7) is 5.32. The van der Waals surface area contributed by atoms with Gasteiger partial charge in [-0.25, -0.2) is 0 Å². The molecule has 3 aliphatic rings. The Balaban J connectivity index is 1.92. The Kier molecular flexibility index (Phi) is 4.10. The number of nitrogens with zero attached hydrogens (tertiary/aromatic N) is 1. The number of amides is 3. The minimum Gasteiger partial charge on any atom is -0.387 e. The number of rotatable bonds is 3. The van der Waals surface area contributed by atoms with Crippen molar-refractivity contribution in [3.63, 3.8) is 0 Å². The van der Waals surface area contributed by atoms with E-state index in [4.69, 9.17) is 11.6 Å². The zero-order chi connectivity index (χ0) is 19.7. The molecule has 0 bridgehead atoms. The van der Waals surface area contributed by atoms with Gasteiger partial charge < -0.3 is 15.7 Å². The van der Waals surface area contributed by atoms with Crippen LogP contribution in [0.25, 0.3) is 0 Å². The van der Waals surface area contributed by atoms with Gasteiger partial charge in [0.2, 0.25) is 17.4 Å². The van der Waals surface area contributed by atoms with Gasteiger partial charge in [0.05, 0.1) is 10.7 Å². The Morgan fingerprint density at radius 1 is 1.30 bits per heavy atom. The topological polar surface area (TPSA) is 103 Å². The quantitative estimate of drug-likeness (QED) is 0.640. The van der Waals surface area contributed by atoms with Gasteiger partial charge in [-0.05, 0) is 32.4 Å². The van der Waals surface area contributed by atoms with E-state index in [1.54, 1.807) is 30.4 Å². The summed E-state index contributed by atoms with van der Waals surface area (Å²) >= 11 is 6.26. The van der Waals surface area contributed by atoms with Crippen LogP contribution >= 0.6 is 11.6 Å². The number of aliphatic hydroxyl groups is 1. The number of aliphatic hydroxyl groups excluding tert-OH is 1. The molecule has 7 nitrogen and oxygen atoms in total. The first-order chi connectivity index (χ1) is 12.8. The lowest BCUT2D eigenvalue weighted by molar-refractivity contribution is -0.738. The lowest BCUT2D eigenvalue weighted by Crippen LogP contribution is -3.00. The molecule has 0 aliphatic carbocycles. The van der Waals surface area contributed by atoms with Crippen LogP contribution in [0.3, 0.4) is 0 Å². The summed E-state index contributed by atoms with van der Waals surface area (Å²) in [6.07, 6.45) is -0.233. The average molecular weight is 393 g/mol. The van der Waals surface area contributed by atoms with E-state index >= 15 is 0 Å². The van der Waals surface area contributed by atoms with Gasteiger partial charge in [-0.3, -0.25) is 19.3 Å². The zero-order valence-electron chi connectivity index (χ0n) is 15.4. The summed E-state index contributed by atoms with van der Waals surface area (Å²) in [5, 5.41) is 15.2. The van der Waals surface area contributed by atoms with Crippen molar-refractivity contribution in [3.8, 4) is 0 Å². The van der Waals surface area contributed by atoms with Crippen LogP contribution in [0.5, 0.6) is 0 Å². The fourth-order valence-electron chi connectivity index (χ4n) is 4.96. The second kappa shape index (κ2) is 6.02. The number of hydrogen-bond donors (Lipinski definition) is 3. The number of para-hydroxylation sites is 1. The summed E-state index contributed by atoms with van der Waals surface area (Å²) in [5.74, 6) is -2.63. The molecule has 6 atom stereocenters. The summed E-state index contributed by atoms with van der Waals surface area (Å²) in [4.78, 5) is 41.0. The van der Waals surface area contributed by atoms with Crippen LogP contribution in [0.2, 0.25) is 5.02 Å². The standard InChI is InChI=1S/C19H22ClN3O4/c1-4-8(2)23-16(25)12-13(17(23)26)19(22-14(12)9(3)24)10-6-5-7-11(20)15(10)21-18(19)27/h5-9,12-14,22,24H,4H2,1-3H3,(H,21,27)/p+1/t8-,9-,12+,13+,14-,19-/m1/s1. The van der Waals surface area contributed by atoms with Crippen LogP contribution in [0.1, 0.15) is 32.8 Å². The molecule has 0 saturated carbocycles. The second-order valence-electron chi connectivity index (χ2n) is 7.78. The number of anilines is 1. The number of halogens is 1. The molecule has 0 radical (unpaired) electrons. The van der Waals surface area contributed by atoms with Crippen LogP contribution in [0, 0.1) is 11.8 Å². The number of imide groups is 1. The van der Waals surface area contributed by atoms with Crippen LogP contribution < -0.4 is 10.6 Å². The molecule has 3 amide bonds. The number of quaternary nitrogens is 1. The van der Waals surface area contributed by atoms with Crippen LogP contribution in [0.15, 0.2) is 18.2 Å². The SMILES string of the molecule is CC[C@@H](C)N1C(=O)[C@@H]2[C@@H]([C@@H](C)O)[NH2+][C@@]3(C(=O)Nc4c(Cl)cccc43)[C@@H]2C1=O. The largest absolute Gasteiger partial charge is 0.387 e. The van der Waals surface area contributed by atoms with Crippen LogP contribution in [0.4, 0.5) is 5.69 Å². The van der Waals surface area contributed by atoms with Crippen molar-refractivity contribution >= 4 is 35.0 Å². The first-order valence-electron chi connectivity index (χ1n) is 9.27. The highest BCUT2D eigenvalue weighted by Gasteiger charge is 2.75. The predicted octanol–water partition coefficient (Wildman–Crippen LogP) is 0.214. The van der Waals surface area contributed by atoms with Crippen molar-refractivity contribution < 1.29 is 24.8 Å². The van der Waals surface area contributed by atoms with E-state index in [2.05, 4.69) is 5.32 Å². The minimum absolute atomic E-state index is 0.259. The number of benzene rings is 1. The van der Waals surface area contributed by atoms with E-state index in [1.165, 1.54) is 4.90 Å². The van der Waals surface area contributed by atoms with E-state index < -0.39 is 29.5 Å². The first kappa shape index (κ1) is 18.4. The number of hydrogen-bond acceptors (Lipinski definition) is 4. The zero-order valence-corrected chi connectivity index (χ0v) is 16.2. The van der Waals surface area contributed by atoms with E-state index in [9.17, 15) is 19.5 Å². The van der Waals surface area contributed by atoms with Gasteiger partial charge in [0, 0.05) is 11.6 Å². The molecular weight excluding hydrogens is 370 g/mol. The third-order valence-electron chi connectivity index (χ3n) is 6.41. The van der Waals surface area contributed by atoms with Crippen molar-refractivity contribution in [1.82, 2.24) is 4.90 Å². The summed E-state index contributed by atoms with van der Waals surface area (Å²) in [5.41, 5.74) is -0.209. The maximum absolute atomic E-state index is 13.4. The molecule has 2 fully saturated rings. The van der Waals surface area contributed by atoms with Crippen LogP contribution in [-0.4, -0.2) is 45.9 Å². The fourth-order valence-corrected chi connectivity index (χ4v) is 5.18. The summed E-state index contributed by atoms with van der Waals surface area (Å²) in [6, 6.07) is 4.32. The fraction of sp³-hybridized carbons (Fsp3) is 0.526. The third kappa shape index (κ3) is 2.19. The molecule has 3 aliphatic heterocycles. The molecule has 4 N–H and O–H groups in total. The Labute approximate surface area is 162 Å². The Hall–Kier alpha value is -1.96. The highest BCUT2D eigenvalue weighted by atomic mass is 35.5. The maximum Gasteiger partial charge on any atom is 0.291 e. The summed E-state index contributed by atoms with van der Waals surface area (Å²) < 4.78 is 0. The Morgan fingerprint density at radius 2 is 2.00 bits per heavy atom. The van der Waals surface area contributed by atoms with Crippen molar-refractivity contribution in [2.24, 2.45) is 11.8 Å². The lowest BCUT2D eigenvalue weighted by atomic mass is 9.76. The molecule has 3 heterocycles. The number of fused-ring (bicyclic) bond motifs is 4. The van der Waals surface area contributed by atoms with Gasteiger partial charge in [-0.2, -0.15) is 0 Å². The number of carbonyl (C=O) groups excluding carboxylic acids is 3. The van der Waals surface area contributed by atoms with Crippen molar-refractivity contribution in [3.05, 3.63) is 28.8 Å². The van der Waals surface area contributed by atoms with Gasteiger partial charge in [0.15, 0.2) is 0 Å². The molecular formula is C19H23ClN3O4+. The minimum atomic E-state index is -1.29. The monoisotopic (exact) mass is 392 g/mol. The highest BCUT2D eigenvalue weighted by Crippen LogP contribution is 2.51. The molecule has 1 spiro atoms. The molecule has 1 aromatic carbocycles. The molecule has 144 valence electrons. The van der Waals surface area contributed by atoms with Crippen molar-refractivity contribution in [2.45, 2.75) is 50.9 Å². The first-order valence-corrected chi connectivity index (χ1v) is 9.65. The maximum atomic E-state index is 13.4. The normalized spacial score (nSPS) is 34.0. The predicted molar refractivity (Wildman–Crippen MR) is 97.7 cm³/mol. The van der Waals surface area contributed by atoms with Gasteiger partial charge in [-0.1, -0.05) is 24.6 Å². The molecule has 0 aromatic heterocycles. The van der Waals surface area contributed by atoms with E-state index in [0.29, 0.717) is 22.7 Å².